The Bertz CT molecular complexity index is 208. The number of halogens is 1. The van der Waals surface area contributed by atoms with Gasteiger partial charge in [-0.1, -0.05) is 42.1 Å². The molecule has 0 radical (unpaired) electrons. The Balaban J connectivity index is 2.36. The first-order chi connectivity index (χ1) is 7.16. The van der Waals surface area contributed by atoms with Crippen molar-refractivity contribution in [1.29, 1.82) is 0 Å². The molecule has 2 nitrogen and oxygen atoms in total. The highest BCUT2D eigenvalue weighted by Gasteiger charge is 2.29. The molecule has 1 aliphatic rings. The number of carbonyl (C=O) groups is 1. The highest BCUT2D eigenvalue weighted by molar-refractivity contribution is 9.10. The van der Waals surface area contributed by atoms with Crippen LogP contribution in [0, 0.1) is 0 Å². The van der Waals surface area contributed by atoms with Crippen molar-refractivity contribution in [2.75, 3.05) is 6.54 Å². The van der Waals surface area contributed by atoms with Crippen LogP contribution >= 0.6 is 15.9 Å². The molecule has 0 N–H and O–H groups in total. The third kappa shape index (κ3) is 3.78. The van der Waals surface area contributed by atoms with Crippen molar-refractivity contribution < 1.29 is 4.79 Å². The van der Waals surface area contributed by atoms with Crippen molar-refractivity contribution in [1.82, 2.24) is 4.90 Å². The van der Waals surface area contributed by atoms with E-state index in [9.17, 15) is 4.79 Å². The normalized spacial score (nSPS) is 24.3. The third-order valence-electron chi connectivity index (χ3n) is 3.17. The van der Waals surface area contributed by atoms with E-state index in [1.807, 2.05) is 0 Å². The molecule has 0 aromatic rings. The lowest BCUT2D eigenvalue weighted by Crippen LogP contribution is -2.46. The maximum atomic E-state index is 11.9. The second-order valence-electron chi connectivity index (χ2n) is 4.49. The lowest BCUT2D eigenvalue weighted by molar-refractivity contribution is -0.134. The second-order valence-corrected chi connectivity index (χ2v) is 5.59. The molecule has 15 heavy (non-hydrogen) atoms. The van der Waals surface area contributed by atoms with Gasteiger partial charge in [0.15, 0.2) is 0 Å². The standard InChI is InChI=1S/C12H22BrNO/c1-3-4-5-7-10(2)14-9-6-8-11(13)12(14)15/h10-11H,3-9H2,1-2H3. The van der Waals surface area contributed by atoms with Gasteiger partial charge in [-0.15, -0.1) is 0 Å². The summed E-state index contributed by atoms with van der Waals surface area (Å²) in [5, 5.41) is 0. The minimum Gasteiger partial charge on any atom is -0.339 e. The zero-order valence-electron chi connectivity index (χ0n) is 9.84. The maximum absolute atomic E-state index is 11.9. The van der Waals surface area contributed by atoms with Crippen molar-refractivity contribution in [3.63, 3.8) is 0 Å². The first kappa shape index (κ1) is 13.0. The summed E-state index contributed by atoms with van der Waals surface area (Å²) in [5.74, 6) is 0.297. The van der Waals surface area contributed by atoms with Crippen molar-refractivity contribution >= 4 is 21.8 Å². The van der Waals surface area contributed by atoms with E-state index in [1.165, 1.54) is 19.3 Å². The van der Waals surface area contributed by atoms with Crippen molar-refractivity contribution in [2.45, 2.75) is 63.2 Å². The zero-order valence-corrected chi connectivity index (χ0v) is 11.4. The van der Waals surface area contributed by atoms with Gasteiger partial charge in [0.05, 0.1) is 4.83 Å². The zero-order chi connectivity index (χ0) is 11.3. The average Bonchev–Trinajstić information content (AvgIpc) is 2.22. The first-order valence-corrected chi connectivity index (χ1v) is 7.03. The first-order valence-electron chi connectivity index (χ1n) is 6.11. The number of carbonyl (C=O) groups excluding carboxylic acids is 1. The van der Waals surface area contributed by atoms with Gasteiger partial charge < -0.3 is 4.90 Å². The van der Waals surface area contributed by atoms with Gasteiger partial charge in [0.25, 0.3) is 0 Å². The Hall–Kier alpha value is -0.0500. The molecule has 1 aliphatic heterocycles. The lowest BCUT2D eigenvalue weighted by atomic mass is 10.0. The van der Waals surface area contributed by atoms with Crippen LogP contribution in [0.5, 0.6) is 0 Å². The van der Waals surface area contributed by atoms with Crippen LogP contribution < -0.4 is 0 Å². The third-order valence-corrected chi connectivity index (χ3v) is 4.01. The Morgan fingerprint density at radius 3 is 2.93 bits per heavy atom. The molecule has 1 fully saturated rings. The van der Waals surface area contributed by atoms with Gasteiger partial charge in [0.1, 0.15) is 0 Å². The number of rotatable bonds is 5. The summed E-state index contributed by atoms with van der Waals surface area (Å²) in [5.41, 5.74) is 0. The summed E-state index contributed by atoms with van der Waals surface area (Å²) in [4.78, 5) is 14.0. The summed E-state index contributed by atoms with van der Waals surface area (Å²) < 4.78 is 0. The van der Waals surface area contributed by atoms with E-state index in [1.54, 1.807) is 0 Å². The number of alkyl halides is 1. The SMILES string of the molecule is CCCCCC(C)N1CCCC(Br)C1=O. The van der Waals surface area contributed by atoms with Gasteiger partial charge in [-0.25, -0.2) is 0 Å². The van der Waals surface area contributed by atoms with Gasteiger partial charge in [-0.05, 0) is 26.2 Å². The van der Waals surface area contributed by atoms with Crippen LogP contribution in [-0.4, -0.2) is 28.2 Å². The monoisotopic (exact) mass is 275 g/mol. The molecule has 1 heterocycles. The molecule has 1 saturated heterocycles. The maximum Gasteiger partial charge on any atom is 0.236 e. The molecule has 0 aromatic heterocycles. The van der Waals surface area contributed by atoms with Gasteiger partial charge in [0, 0.05) is 12.6 Å². The molecule has 0 spiro atoms. The number of hydrogen-bond donors (Lipinski definition) is 0. The predicted molar refractivity (Wildman–Crippen MR) is 67.3 cm³/mol. The number of hydrogen-bond acceptors (Lipinski definition) is 1. The average molecular weight is 276 g/mol. The van der Waals surface area contributed by atoms with Crippen molar-refractivity contribution in [3.8, 4) is 0 Å². The van der Waals surface area contributed by atoms with Crippen LogP contribution in [0.25, 0.3) is 0 Å². The number of piperidine rings is 1. The Labute approximate surface area is 102 Å². The van der Waals surface area contributed by atoms with Crippen molar-refractivity contribution in [3.05, 3.63) is 0 Å². The Morgan fingerprint density at radius 1 is 1.53 bits per heavy atom. The summed E-state index contributed by atoms with van der Waals surface area (Å²) in [6.07, 6.45) is 7.07. The van der Waals surface area contributed by atoms with Crippen LogP contribution in [0.1, 0.15) is 52.4 Å². The fraction of sp³-hybridized carbons (Fsp3) is 0.917. The largest absolute Gasteiger partial charge is 0.339 e. The minimum absolute atomic E-state index is 0.0693. The van der Waals surface area contributed by atoms with E-state index in [2.05, 4.69) is 34.7 Å². The second kappa shape index (κ2) is 6.51. The summed E-state index contributed by atoms with van der Waals surface area (Å²) in [6.45, 7) is 5.35. The molecule has 0 bridgehead atoms. The molecular formula is C12H22BrNO. The van der Waals surface area contributed by atoms with E-state index in [-0.39, 0.29) is 4.83 Å². The highest BCUT2D eigenvalue weighted by atomic mass is 79.9. The number of likely N-dealkylation sites (tertiary alicyclic amines) is 1. The molecule has 1 rings (SSSR count). The molecule has 0 aromatic carbocycles. The molecule has 2 unspecified atom stereocenters. The number of amides is 1. The summed E-state index contributed by atoms with van der Waals surface area (Å²) >= 11 is 3.45. The quantitative estimate of drug-likeness (QED) is 0.557. The molecule has 3 heteroatoms. The van der Waals surface area contributed by atoms with E-state index >= 15 is 0 Å². The minimum atomic E-state index is 0.0693. The van der Waals surface area contributed by atoms with Crippen LogP contribution in [0.3, 0.4) is 0 Å². The number of nitrogens with zero attached hydrogens (tertiary/aromatic N) is 1. The molecule has 0 saturated carbocycles. The topological polar surface area (TPSA) is 20.3 Å². The lowest BCUT2D eigenvalue weighted by Gasteiger charge is -2.34. The highest BCUT2D eigenvalue weighted by Crippen LogP contribution is 2.22. The summed E-state index contributed by atoms with van der Waals surface area (Å²) in [7, 11) is 0. The smallest absolute Gasteiger partial charge is 0.236 e. The van der Waals surface area contributed by atoms with Gasteiger partial charge in [-0.3, -0.25) is 4.79 Å². The molecular weight excluding hydrogens is 254 g/mol. The fourth-order valence-corrected chi connectivity index (χ4v) is 2.72. The van der Waals surface area contributed by atoms with Gasteiger partial charge in [-0.2, -0.15) is 0 Å². The fourth-order valence-electron chi connectivity index (χ4n) is 2.14. The van der Waals surface area contributed by atoms with E-state index in [4.69, 9.17) is 0 Å². The Morgan fingerprint density at radius 2 is 2.27 bits per heavy atom. The van der Waals surface area contributed by atoms with E-state index < -0.39 is 0 Å². The molecule has 1 amide bonds. The predicted octanol–water partition coefficient (Wildman–Crippen LogP) is 3.34. The van der Waals surface area contributed by atoms with Crippen LogP contribution in [-0.2, 0) is 4.79 Å². The van der Waals surface area contributed by atoms with E-state index in [0.29, 0.717) is 11.9 Å². The number of unbranched alkanes of at least 4 members (excludes halogenated alkanes) is 2. The molecule has 2 atom stereocenters. The van der Waals surface area contributed by atoms with Crippen molar-refractivity contribution in [2.24, 2.45) is 0 Å². The van der Waals surface area contributed by atoms with Crippen LogP contribution in [0.15, 0.2) is 0 Å². The molecule has 88 valence electrons. The van der Waals surface area contributed by atoms with Crippen LogP contribution in [0.4, 0.5) is 0 Å². The van der Waals surface area contributed by atoms with Crippen LogP contribution in [0.2, 0.25) is 0 Å². The van der Waals surface area contributed by atoms with Gasteiger partial charge in [0.2, 0.25) is 5.91 Å². The van der Waals surface area contributed by atoms with E-state index in [0.717, 1.165) is 25.8 Å². The summed E-state index contributed by atoms with van der Waals surface area (Å²) in [6, 6.07) is 0.421. The Kier molecular flexibility index (Phi) is 5.65. The van der Waals surface area contributed by atoms with Gasteiger partial charge >= 0.3 is 0 Å². The molecule has 0 aliphatic carbocycles.